The third-order valence-electron chi connectivity index (χ3n) is 2.54. The van der Waals surface area contributed by atoms with Gasteiger partial charge in [0.25, 0.3) is 0 Å². The Morgan fingerprint density at radius 3 is 2.50 bits per heavy atom. The fraction of sp³-hybridized carbons (Fsp3) is 0.667. The highest BCUT2D eigenvalue weighted by atomic mass is 35.5. The van der Waals surface area contributed by atoms with Gasteiger partial charge in [0, 0.05) is 13.2 Å². The van der Waals surface area contributed by atoms with Crippen LogP contribution >= 0.6 is 24.8 Å². The Bertz CT molecular complexity index is 256. The first kappa shape index (κ1) is 13.8. The molecule has 1 aromatic rings. The normalized spacial score (nSPS) is 16.9. The molecule has 0 aromatic carbocycles. The number of nitrogens with zero attached hydrogens (tertiary/aromatic N) is 2. The third kappa shape index (κ3) is 3.15. The molecule has 0 spiro atoms. The minimum atomic E-state index is 0. The SMILES string of the molecule is Cl.Cl.Cn1cc(C2CCNCC2)cn1. The molecule has 3 nitrogen and oxygen atoms in total. The highest BCUT2D eigenvalue weighted by Gasteiger charge is 2.15. The van der Waals surface area contributed by atoms with Gasteiger partial charge < -0.3 is 5.32 Å². The van der Waals surface area contributed by atoms with Crippen LogP contribution in [0.1, 0.15) is 24.3 Å². The summed E-state index contributed by atoms with van der Waals surface area (Å²) in [6.45, 7) is 2.30. The molecule has 0 amide bonds. The zero-order chi connectivity index (χ0) is 8.39. The van der Waals surface area contributed by atoms with Crippen molar-refractivity contribution in [3.63, 3.8) is 0 Å². The summed E-state index contributed by atoms with van der Waals surface area (Å²) in [5, 5.41) is 7.55. The first-order valence-electron chi connectivity index (χ1n) is 4.55. The molecule has 1 aromatic heterocycles. The summed E-state index contributed by atoms with van der Waals surface area (Å²) in [7, 11) is 1.98. The zero-order valence-electron chi connectivity index (χ0n) is 8.27. The Labute approximate surface area is 97.1 Å². The van der Waals surface area contributed by atoms with Crippen LogP contribution in [-0.2, 0) is 7.05 Å². The maximum absolute atomic E-state index is 4.19. The number of halogens is 2. The molecule has 1 aliphatic heterocycles. The molecule has 2 rings (SSSR count). The van der Waals surface area contributed by atoms with E-state index in [1.807, 2.05) is 17.9 Å². The van der Waals surface area contributed by atoms with E-state index in [1.165, 1.54) is 18.4 Å². The minimum Gasteiger partial charge on any atom is -0.317 e. The van der Waals surface area contributed by atoms with Gasteiger partial charge in [0.1, 0.15) is 0 Å². The van der Waals surface area contributed by atoms with Gasteiger partial charge in [-0.05, 0) is 37.4 Å². The van der Waals surface area contributed by atoms with E-state index >= 15 is 0 Å². The van der Waals surface area contributed by atoms with Crippen LogP contribution in [0, 0.1) is 0 Å². The van der Waals surface area contributed by atoms with E-state index in [-0.39, 0.29) is 24.8 Å². The van der Waals surface area contributed by atoms with Crippen LogP contribution in [0.5, 0.6) is 0 Å². The molecule has 1 aliphatic rings. The topological polar surface area (TPSA) is 29.9 Å². The van der Waals surface area contributed by atoms with Crippen molar-refractivity contribution in [1.82, 2.24) is 15.1 Å². The fourth-order valence-corrected chi connectivity index (χ4v) is 1.81. The largest absolute Gasteiger partial charge is 0.317 e. The Balaban J connectivity index is 0.000000845. The van der Waals surface area contributed by atoms with Crippen molar-refractivity contribution in [2.45, 2.75) is 18.8 Å². The van der Waals surface area contributed by atoms with E-state index in [9.17, 15) is 0 Å². The van der Waals surface area contributed by atoms with Gasteiger partial charge in [-0.25, -0.2) is 0 Å². The monoisotopic (exact) mass is 237 g/mol. The van der Waals surface area contributed by atoms with Crippen LogP contribution in [0.2, 0.25) is 0 Å². The molecule has 2 heterocycles. The zero-order valence-corrected chi connectivity index (χ0v) is 9.90. The number of aryl methyl sites for hydroxylation is 1. The number of piperidine rings is 1. The first-order valence-corrected chi connectivity index (χ1v) is 4.55. The molecule has 14 heavy (non-hydrogen) atoms. The smallest absolute Gasteiger partial charge is 0.0524 e. The Kier molecular flexibility index (Phi) is 6.16. The van der Waals surface area contributed by atoms with Gasteiger partial charge in [-0.2, -0.15) is 5.10 Å². The summed E-state index contributed by atoms with van der Waals surface area (Å²) in [4.78, 5) is 0. The Morgan fingerprint density at radius 1 is 1.36 bits per heavy atom. The van der Waals surface area contributed by atoms with Gasteiger partial charge in [-0.1, -0.05) is 0 Å². The second-order valence-corrected chi connectivity index (χ2v) is 3.47. The summed E-state index contributed by atoms with van der Waals surface area (Å²) in [5.74, 6) is 0.736. The molecule has 0 bridgehead atoms. The molecular formula is C9H17Cl2N3. The predicted molar refractivity (Wildman–Crippen MR) is 62.5 cm³/mol. The van der Waals surface area contributed by atoms with Gasteiger partial charge in [-0.3, -0.25) is 4.68 Å². The van der Waals surface area contributed by atoms with Gasteiger partial charge in [0.2, 0.25) is 0 Å². The summed E-state index contributed by atoms with van der Waals surface area (Å²) in [6, 6.07) is 0. The molecule has 0 aliphatic carbocycles. The number of nitrogens with one attached hydrogen (secondary N) is 1. The molecule has 5 heteroatoms. The van der Waals surface area contributed by atoms with Crippen LogP contribution in [0.3, 0.4) is 0 Å². The molecule has 0 atom stereocenters. The maximum atomic E-state index is 4.19. The lowest BCUT2D eigenvalue weighted by Gasteiger charge is -2.21. The maximum Gasteiger partial charge on any atom is 0.0524 e. The van der Waals surface area contributed by atoms with Crippen LogP contribution in [-0.4, -0.2) is 22.9 Å². The lowest BCUT2D eigenvalue weighted by atomic mass is 9.93. The van der Waals surface area contributed by atoms with E-state index in [0.717, 1.165) is 19.0 Å². The van der Waals surface area contributed by atoms with E-state index in [1.54, 1.807) is 0 Å². The van der Waals surface area contributed by atoms with Crippen molar-refractivity contribution in [2.24, 2.45) is 7.05 Å². The summed E-state index contributed by atoms with van der Waals surface area (Å²) in [6.07, 6.45) is 6.64. The van der Waals surface area contributed by atoms with Crippen molar-refractivity contribution in [3.05, 3.63) is 18.0 Å². The Hall–Kier alpha value is -0.250. The number of rotatable bonds is 1. The van der Waals surface area contributed by atoms with Crippen molar-refractivity contribution >= 4 is 24.8 Å². The van der Waals surface area contributed by atoms with Crippen molar-refractivity contribution in [2.75, 3.05) is 13.1 Å². The third-order valence-corrected chi connectivity index (χ3v) is 2.54. The quantitative estimate of drug-likeness (QED) is 0.807. The first-order chi connectivity index (χ1) is 5.86. The highest BCUT2D eigenvalue weighted by Crippen LogP contribution is 2.23. The van der Waals surface area contributed by atoms with Crippen LogP contribution in [0.15, 0.2) is 12.4 Å². The molecule has 1 N–H and O–H groups in total. The summed E-state index contributed by atoms with van der Waals surface area (Å²) < 4.78 is 1.89. The van der Waals surface area contributed by atoms with Crippen LogP contribution in [0.25, 0.3) is 0 Å². The number of aromatic nitrogens is 2. The number of hydrogen-bond donors (Lipinski definition) is 1. The molecular weight excluding hydrogens is 221 g/mol. The molecule has 0 unspecified atom stereocenters. The summed E-state index contributed by atoms with van der Waals surface area (Å²) >= 11 is 0. The van der Waals surface area contributed by atoms with Crippen molar-refractivity contribution in [3.8, 4) is 0 Å². The lowest BCUT2D eigenvalue weighted by molar-refractivity contribution is 0.460. The Morgan fingerprint density at radius 2 is 2.00 bits per heavy atom. The second-order valence-electron chi connectivity index (χ2n) is 3.47. The lowest BCUT2D eigenvalue weighted by Crippen LogP contribution is -2.26. The summed E-state index contributed by atoms with van der Waals surface area (Å²) in [5.41, 5.74) is 1.40. The van der Waals surface area contributed by atoms with Crippen LogP contribution in [0.4, 0.5) is 0 Å². The van der Waals surface area contributed by atoms with Crippen molar-refractivity contribution in [1.29, 1.82) is 0 Å². The fourth-order valence-electron chi connectivity index (χ4n) is 1.81. The van der Waals surface area contributed by atoms with E-state index in [0.29, 0.717) is 0 Å². The van der Waals surface area contributed by atoms with Gasteiger partial charge in [0.05, 0.1) is 6.20 Å². The molecule has 1 fully saturated rings. The van der Waals surface area contributed by atoms with Gasteiger partial charge in [0.15, 0.2) is 0 Å². The molecule has 1 saturated heterocycles. The minimum absolute atomic E-state index is 0. The standard InChI is InChI=1S/C9H15N3.2ClH/c1-12-7-9(6-11-12)8-2-4-10-5-3-8;;/h6-8,10H,2-5H2,1H3;2*1H. The van der Waals surface area contributed by atoms with Crippen LogP contribution < -0.4 is 5.32 Å². The van der Waals surface area contributed by atoms with Gasteiger partial charge in [-0.15, -0.1) is 24.8 Å². The molecule has 0 radical (unpaired) electrons. The van der Waals surface area contributed by atoms with E-state index in [4.69, 9.17) is 0 Å². The molecule has 0 saturated carbocycles. The molecule has 82 valence electrons. The van der Waals surface area contributed by atoms with E-state index < -0.39 is 0 Å². The van der Waals surface area contributed by atoms with E-state index in [2.05, 4.69) is 16.6 Å². The average Bonchev–Trinajstić information content (AvgIpc) is 2.54. The van der Waals surface area contributed by atoms with Gasteiger partial charge >= 0.3 is 0 Å². The van der Waals surface area contributed by atoms with Crippen molar-refractivity contribution < 1.29 is 0 Å². The second kappa shape index (κ2) is 6.27. The predicted octanol–water partition coefficient (Wildman–Crippen LogP) is 1.73. The highest BCUT2D eigenvalue weighted by molar-refractivity contribution is 5.85. The average molecular weight is 238 g/mol. The number of hydrogen-bond acceptors (Lipinski definition) is 2.